The molecule has 0 amide bonds. The highest BCUT2D eigenvalue weighted by atomic mass is 32.2. The monoisotopic (exact) mass is 375 g/mol. The summed E-state index contributed by atoms with van der Waals surface area (Å²) in [7, 11) is -4.49. The lowest BCUT2D eigenvalue weighted by atomic mass is 10.1. The van der Waals surface area contributed by atoms with Crippen molar-refractivity contribution in [2.24, 2.45) is 0 Å². The molecule has 2 rings (SSSR count). The number of alkyl halides is 3. The Morgan fingerprint density at radius 1 is 1.00 bits per heavy atom. The average Bonchev–Trinajstić information content (AvgIpc) is 2.51. The number of hydrogen-bond acceptors (Lipinski definition) is 2. The molecule has 0 aliphatic rings. The molecule has 0 saturated heterocycles. The van der Waals surface area contributed by atoms with E-state index in [-0.39, 0.29) is 5.56 Å². The van der Waals surface area contributed by atoms with Gasteiger partial charge in [0.2, 0.25) is 10.0 Å². The number of hydrogen-bond donors (Lipinski definition) is 1. The number of sulfonamides is 1. The molecule has 0 atom stereocenters. The van der Waals surface area contributed by atoms with Gasteiger partial charge in [-0.2, -0.15) is 17.9 Å². The maximum atomic E-state index is 13.5. The van der Waals surface area contributed by atoms with Gasteiger partial charge in [0.15, 0.2) is 4.90 Å². The second-order valence-electron chi connectivity index (χ2n) is 4.76. The van der Waals surface area contributed by atoms with E-state index in [1.165, 1.54) is 6.07 Å². The van der Waals surface area contributed by atoms with Crippen molar-refractivity contribution in [2.45, 2.75) is 11.1 Å². The van der Waals surface area contributed by atoms with Crippen molar-refractivity contribution in [3.63, 3.8) is 0 Å². The molecule has 0 fully saturated rings. The molecule has 0 heterocycles. The third-order valence-corrected chi connectivity index (χ3v) is 4.41. The Hall–Kier alpha value is -2.44. The van der Waals surface area contributed by atoms with Crippen LogP contribution in [0, 0.1) is 23.5 Å². The lowest BCUT2D eigenvalue weighted by Crippen LogP contribution is -2.26. The molecule has 0 unspecified atom stereocenters. The molecule has 0 bridgehead atoms. The number of halogens is 5. The van der Waals surface area contributed by atoms with Crippen molar-refractivity contribution in [3.05, 3.63) is 65.2 Å². The van der Waals surface area contributed by atoms with Gasteiger partial charge in [-0.15, -0.1) is 0 Å². The SMILES string of the molecule is O=S(=O)(NCC#Cc1cccc(C(F)(F)F)c1)c1c(F)cccc1F. The van der Waals surface area contributed by atoms with Crippen molar-refractivity contribution in [3.8, 4) is 11.8 Å². The van der Waals surface area contributed by atoms with Gasteiger partial charge in [0.05, 0.1) is 12.1 Å². The summed E-state index contributed by atoms with van der Waals surface area (Å²) in [6.45, 7) is -0.535. The standard InChI is InChI=1S/C16H10F5NO2S/c17-13-7-2-8-14(18)15(13)25(23,24)22-9-3-5-11-4-1-6-12(10-11)16(19,20)21/h1-2,4,6-8,10,22H,9H2. The number of benzene rings is 2. The summed E-state index contributed by atoms with van der Waals surface area (Å²) in [5.74, 6) is 2.11. The molecule has 0 saturated carbocycles. The Kier molecular flexibility index (Phi) is 5.45. The van der Waals surface area contributed by atoms with Crippen LogP contribution in [0.25, 0.3) is 0 Å². The fourth-order valence-electron chi connectivity index (χ4n) is 1.86. The summed E-state index contributed by atoms with van der Waals surface area (Å²) >= 11 is 0. The van der Waals surface area contributed by atoms with Gasteiger partial charge in [0, 0.05) is 5.56 Å². The molecule has 25 heavy (non-hydrogen) atoms. The molecule has 2 aromatic rings. The van der Waals surface area contributed by atoms with E-state index >= 15 is 0 Å². The first-order valence-corrected chi connectivity index (χ1v) is 8.19. The summed E-state index contributed by atoms with van der Waals surface area (Å²) < 4.78 is 90.2. The van der Waals surface area contributed by atoms with E-state index in [0.29, 0.717) is 0 Å². The fourth-order valence-corrected chi connectivity index (χ4v) is 2.92. The van der Waals surface area contributed by atoms with E-state index < -0.39 is 44.8 Å². The zero-order valence-corrected chi connectivity index (χ0v) is 13.2. The molecule has 0 spiro atoms. The summed E-state index contributed by atoms with van der Waals surface area (Å²) in [4.78, 5) is -1.14. The average molecular weight is 375 g/mol. The van der Waals surface area contributed by atoms with Crippen LogP contribution >= 0.6 is 0 Å². The Morgan fingerprint density at radius 3 is 2.20 bits per heavy atom. The first-order valence-electron chi connectivity index (χ1n) is 6.71. The van der Waals surface area contributed by atoms with E-state index in [1.807, 2.05) is 4.72 Å². The molecule has 0 aliphatic heterocycles. The quantitative estimate of drug-likeness (QED) is 0.661. The van der Waals surface area contributed by atoms with Crippen LogP contribution < -0.4 is 4.72 Å². The number of nitrogens with one attached hydrogen (secondary N) is 1. The molecule has 3 nitrogen and oxygen atoms in total. The highest BCUT2D eigenvalue weighted by molar-refractivity contribution is 7.89. The van der Waals surface area contributed by atoms with Crippen LogP contribution in [0.3, 0.4) is 0 Å². The smallest absolute Gasteiger partial charge is 0.207 e. The molecule has 0 radical (unpaired) electrons. The van der Waals surface area contributed by atoms with Gasteiger partial charge < -0.3 is 0 Å². The minimum atomic E-state index is -4.53. The third kappa shape index (κ3) is 4.78. The molecule has 1 N–H and O–H groups in total. The highest BCUT2D eigenvalue weighted by Gasteiger charge is 2.30. The van der Waals surface area contributed by atoms with Crippen LogP contribution in [0.2, 0.25) is 0 Å². The van der Waals surface area contributed by atoms with E-state index in [2.05, 4.69) is 11.8 Å². The second-order valence-corrected chi connectivity index (χ2v) is 6.46. The largest absolute Gasteiger partial charge is 0.416 e. The predicted octanol–water partition coefficient (Wildman–Crippen LogP) is 3.31. The normalized spacial score (nSPS) is 11.7. The molecular weight excluding hydrogens is 365 g/mol. The summed E-state index contributed by atoms with van der Waals surface area (Å²) in [6.07, 6.45) is -4.53. The second kappa shape index (κ2) is 7.21. The van der Waals surface area contributed by atoms with Crippen molar-refractivity contribution < 1.29 is 30.4 Å². The minimum Gasteiger partial charge on any atom is -0.207 e. The summed E-state index contributed by atoms with van der Waals surface area (Å²) in [6, 6.07) is 6.72. The van der Waals surface area contributed by atoms with E-state index in [0.717, 1.165) is 36.4 Å². The molecule has 132 valence electrons. The molecule has 2 aromatic carbocycles. The van der Waals surface area contributed by atoms with E-state index in [4.69, 9.17) is 0 Å². The molecule has 9 heteroatoms. The maximum Gasteiger partial charge on any atom is 0.416 e. The Labute approximate surface area is 140 Å². The van der Waals surface area contributed by atoms with Gasteiger partial charge in [-0.3, -0.25) is 0 Å². The minimum absolute atomic E-state index is 0.0195. The third-order valence-electron chi connectivity index (χ3n) is 2.96. The van der Waals surface area contributed by atoms with E-state index in [9.17, 15) is 30.4 Å². The highest BCUT2D eigenvalue weighted by Crippen LogP contribution is 2.29. The zero-order valence-electron chi connectivity index (χ0n) is 12.4. The molecule has 0 aliphatic carbocycles. The lowest BCUT2D eigenvalue weighted by Gasteiger charge is -2.06. The Morgan fingerprint density at radius 2 is 1.60 bits per heavy atom. The first kappa shape index (κ1) is 18.9. The van der Waals surface area contributed by atoms with Gasteiger partial charge in [-0.05, 0) is 30.3 Å². The van der Waals surface area contributed by atoms with Crippen LogP contribution in [0.5, 0.6) is 0 Å². The molecule has 0 aromatic heterocycles. The van der Waals surface area contributed by atoms with Crippen molar-refractivity contribution >= 4 is 10.0 Å². The summed E-state index contributed by atoms with van der Waals surface area (Å²) in [5, 5.41) is 0. The van der Waals surface area contributed by atoms with Crippen LogP contribution in [0.15, 0.2) is 47.4 Å². The Bertz CT molecular complexity index is 923. The van der Waals surface area contributed by atoms with Gasteiger partial charge in [-0.1, -0.05) is 24.0 Å². The zero-order chi connectivity index (χ0) is 18.7. The van der Waals surface area contributed by atoms with Crippen LogP contribution in [-0.4, -0.2) is 15.0 Å². The topological polar surface area (TPSA) is 46.2 Å². The predicted molar refractivity (Wildman–Crippen MR) is 79.9 cm³/mol. The maximum absolute atomic E-state index is 13.5. The van der Waals surface area contributed by atoms with Gasteiger partial charge >= 0.3 is 6.18 Å². The summed E-state index contributed by atoms with van der Waals surface area (Å²) in [5.41, 5.74) is -0.876. The Balaban J connectivity index is 2.13. The number of rotatable bonds is 3. The first-order chi connectivity index (χ1) is 11.6. The van der Waals surface area contributed by atoms with Crippen molar-refractivity contribution in [2.75, 3.05) is 6.54 Å². The molecular formula is C16H10F5NO2S. The van der Waals surface area contributed by atoms with Gasteiger partial charge in [0.25, 0.3) is 0 Å². The van der Waals surface area contributed by atoms with Gasteiger partial charge in [-0.25, -0.2) is 17.2 Å². The van der Waals surface area contributed by atoms with E-state index in [1.54, 1.807) is 0 Å². The van der Waals surface area contributed by atoms with Crippen LogP contribution in [0.1, 0.15) is 11.1 Å². The van der Waals surface area contributed by atoms with Crippen LogP contribution in [-0.2, 0) is 16.2 Å². The fraction of sp³-hybridized carbons (Fsp3) is 0.125. The van der Waals surface area contributed by atoms with Crippen molar-refractivity contribution in [1.82, 2.24) is 4.72 Å². The van der Waals surface area contributed by atoms with Crippen molar-refractivity contribution in [1.29, 1.82) is 0 Å². The van der Waals surface area contributed by atoms with Crippen LogP contribution in [0.4, 0.5) is 22.0 Å². The van der Waals surface area contributed by atoms with Gasteiger partial charge in [0.1, 0.15) is 11.6 Å². The lowest BCUT2D eigenvalue weighted by molar-refractivity contribution is -0.137.